The lowest BCUT2D eigenvalue weighted by molar-refractivity contribution is 0.0770. The number of nitrogens with two attached hydrogens (primary N) is 1. The van der Waals surface area contributed by atoms with Gasteiger partial charge in [0.15, 0.2) is 9.84 Å². The SMILES string of the molecule is Nc1ccc(C(=O)N2CCS(=O)(=O)CC2)cn1. The Morgan fingerprint density at radius 3 is 2.47 bits per heavy atom. The molecule has 1 saturated heterocycles. The van der Waals surface area contributed by atoms with Crippen LogP contribution in [-0.2, 0) is 9.84 Å². The van der Waals surface area contributed by atoms with Crippen LogP contribution in [0, 0.1) is 0 Å². The van der Waals surface area contributed by atoms with Crippen LogP contribution in [0.2, 0.25) is 0 Å². The van der Waals surface area contributed by atoms with Gasteiger partial charge in [0.05, 0.1) is 17.1 Å². The van der Waals surface area contributed by atoms with E-state index in [-0.39, 0.29) is 30.5 Å². The molecule has 0 atom stereocenters. The molecule has 0 aliphatic carbocycles. The maximum Gasteiger partial charge on any atom is 0.255 e. The molecule has 2 N–H and O–H groups in total. The van der Waals surface area contributed by atoms with Crippen molar-refractivity contribution in [2.75, 3.05) is 30.3 Å². The van der Waals surface area contributed by atoms with Gasteiger partial charge in [-0.05, 0) is 12.1 Å². The molecule has 1 amide bonds. The molecule has 92 valence electrons. The van der Waals surface area contributed by atoms with E-state index in [1.54, 1.807) is 12.1 Å². The highest BCUT2D eigenvalue weighted by Gasteiger charge is 2.25. The van der Waals surface area contributed by atoms with E-state index in [4.69, 9.17) is 5.73 Å². The van der Waals surface area contributed by atoms with Crippen molar-refractivity contribution in [1.29, 1.82) is 0 Å². The van der Waals surface area contributed by atoms with E-state index in [0.717, 1.165) is 0 Å². The molecule has 6 nitrogen and oxygen atoms in total. The number of pyridine rings is 1. The number of carbonyl (C=O) groups excluding carboxylic acids is 1. The number of anilines is 1. The van der Waals surface area contributed by atoms with Gasteiger partial charge in [-0.3, -0.25) is 4.79 Å². The van der Waals surface area contributed by atoms with Crippen molar-refractivity contribution in [1.82, 2.24) is 9.88 Å². The van der Waals surface area contributed by atoms with E-state index < -0.39 is 9.84 Å². The van der Waals surface area contributed by atoms with E-state index in [9.17, 15) is 13.2 Å². The molecular weight excluding hydrogens is 242 g/mol. The Bertz CT molecular complexity index is 510. The van der Waals surface area contributed by atoms with Crippen molar-refractivity contribution in [3.63, 3.8) is 0 Å². The highest BCUT2D eigenvalue weighted by atomic mass is 32.2. The number of sulfone groups is 1. The zero-order valence-corrected chi connectivity index (χ0v) is 9.98. The lowest BCUT2D eigenvalue weighted by Gasteiger charge is -2.26. The fourth-order valence-electron chi connectivity index (χ4n) is 1.63. The van der Waals surface area contributed by atoms with Gasteiger partial charge in [0.1, 0.15) is 5.82 Å². The summed E-state index contributed by atoms with van der Waals surface area (Å²) in [6.07, 6.45) is 1.40. The van der Waals surface area contributed by atoms with Crippen LogP contribution in [0.15, 0.2) is 18.3 Å². The minimum absolute atomic E-state index is 0.0289. The van der Waals surface area contributed by atoms with Gasteiger partial charge in [0.25, 0.3) is 5.91 Å². The average Bonchev–Trinajstić information content (AvgIpc) is 2.29. The van der Waals surface area contributed by atoms with E-state index in [1.807, 2.05) is 0 Å². The van der Waals surface area contributed by atoms with Crippen LogP contribution >= 0.6 is 0 Å². The third-order valence-electron chi connectivity index (χ3n) is 2.66. The molecule has 0 unspecified atom stereocenters. The van der Waals surface area contributed by atoms with Crippen molar-refractivity contribution in [2.24, 2.45) is 0 Å². The monoisotopic (exact) mass is 255 g/mol. The van der Waals surface area contributed by atoms with Crippen LogP contribution < -0.4 is 5.73 Å². The van der Waals surface area contributed by atoms with E-state index in [1.165, 1.54) is 11.1 Å². The molecule has 1 aromatic heterocycles. The summed E-state index contributed by atoms with van der Waals surface area (Å²) >= 11 is 0. The minimum Gasteiger partial charge on any atom is -0.384 e. The first-order valence-electron chi connectivity index (χ1n) is 5.19. The molecule has 1 aliphatic rings. The van der Waals surface area contributed by atoms with Crippen molar-refractivity contribution >= 4 is 21.6 Å². The van der Waals surface area contributed by atoms with Crippen LogP contribution in [-0.4, -0.2) is 48.8 Å². The fourth-order valence-corrected chi connectivity index (χ4v) is 2.83. The number of hydrogen-bond donors (Lipinski definition) is 1. The molecule has 0 spiro atoms. The van der Waals surface area contributed by atoms with Gasteiger partial charge in [-0.2, -0.15) is 0 Å². The topological polar surface area (TPSA) is 93.4 Å². The molecule has 7 heteroatoms. The molecule has 0 radical (unpaired) electrons. The van der Waals surface area contributed by atoms with Crippen LogP contribution in [0.25, 0.3) is 0 Å². The summed E-state index contributed by atoms with van der Waals surface area (Å²) in [5.41, 5.74) is 5.85. The molecule has 2 rings (SSSR count). The number of nitrogens with zero attached hydrogens (tertiary/aromatic N) is 2. The largest absolute Gasteiger partial charge is 0.384 e. The number of nitrogen functional groups attached to an aromatic ring is 1. The quantitative estimate of drug-likeness (QED) is 0.732. The summed E-state index contributed by atoms with van der Waals surface area (Å²) in [6, 6.07) is 3.14. The Hall–Kier alpha value is -1.63. The maximum absolute atomic E-state index is 12.0. The Balaban J connectivity index is 2.09. The third-order valence-corrected chi connectivity index (χ3v) is 4.27. The van der Waals surface area contributed by atoms with Gasteiger partial charge < -0.3 is 10.6 Å². The molecule has 0 aromatic carbocycles. The van der Waals surface area contributed by atoms with Gasteiger partial charge in [-0.15, -0.1) is 0 Å². The van der Waals surface area contributed by atoms with Crippen molar-refractivity contribution < 1.29 is 13.2 Å². The summed E-state index contributed by atoms with van der Waals surface area (Å²) in [6.45, 7) is 0.483. The summed E-state index contributed by atoms with van der Waals surface area (Å²) in [5.74, 6) is 0.206. The molecular formula is C10H13N3O3S. The lowest BCUT2D eigenvalue weighted by atomic mass is 10.2. The predicted octanol–water partition coefficient (Wildman–Crippen LogP) is -0.466. The van der Waals surface area contributed by atoms with Crippen molar-refractivity contribution in [3.05, 3.63) is 23.9 Å². The van der Waals surface area contributed by atoms with Crippen LogP contribution in [0.4, 0.5) is 5.82 Å². The molecule has 17 heavy (non-hydrogen) atoms. The summed E-state index contributed by atoms with van der Waals surface area (Å²) in [5, 5.41) is 0. The predicted molar refractivity (Wildman–Crippen MR) is 63.2 cm³/mol. The smallest absolute Gasteiger partial charge is 0.255 e. The number of aromatic nitrogens is 1. The third kappa shape index (κ3) is 2.73. The molecule has 1 fully saturated rings. The van der Waals surface area contributed by atoms with Gasteiger partial charge >= 0.3 is 0 Å². The molecule has 1 aliphatic heterocycles. The summed E-state index contributed by atoms with van der Waals surface area (Å²) in [4.78, 5) is 17.3. The minimum atomic E-state index is -2.97. The normalized spacial score (nSPS) is 18.9. The second-order valence-electron chi connectivity index (χ2n) is 3.92. The van der Waals surface area contributed by atoms with Crippen LogP contribution in [0.1, 0.15) is 10.4 Å². The van der Waals surface area contributed by atoms with Gasteiger partial charge in [-0.25, -0.2) is 13.4 Å². The second kappa shape index (κ2) is 4.33. The van der Waals surface area contributed by atoms with Crippen molar-refractivity contribution in [2.45, 2.75) is 0 Å². The lowest BCUT2D eigenvalue weighted by Crippen LogP contribution is -2.43. The summed E-state index contributed by atoms with van der Waals surface area (Å²) < 4.78 is 22.5. The Labute approximate surface area is 99.4 Å². The Morgan fingerprint density at radius 1 is 1.29 bits per heavy atom. The zero-order valence-electron chi connectivity index (χ0n) is 9.17. The first kappa shape index (κ1) is 11.8. The van der Waals surface area contributed by atoms with Crippen LogP contribution in [0.5, 0.6) is 0 Å². The van der Waals surface area contributed by atoms with E-state index >= 15 is 0 Å². The number of carbonyl (C=O) groups is 1. The molecule has 0 saturated carbocycles. The van der Waals surface area contributed by atoms with Gasteiger partial charge in [-0.1, -0.05) is 0 Å². The van der Waals surface area contributed by atoms with Gasteiger partial charge in [0.2, 0.25) is 0 Å². The number of amides is 1. The zero-order chi connectivity index (χ0) is 12.5. The Kier molecular flexibility index (Phi) is 3.01. The fraction of sp³-hybridized carbons (Fsp3) is 0.400. The number of hydrogen-bond acceptors (Lipinski definition) is 5. The number of rotatable bonds is 1. The molecule has 1 aromatic rings. The Morgan fingerprint density at radius 2 is 1.94 bits per heavy atom. The first-order chi connectivity index (χ1) is 7.98. The second-order valence-corrected chi connectivity index (χ2v) is 6.22. The standard InChI is InChI=1S/C10H13N3O3S/c11-9-2-1-8(7-12-9)10(14)13-3-5-17(15,16)6-4-13/h1-2,7H,3-6H2,(H2,11,12). The van der Waals surface area contributed by atoms with E-state index in [2.05, 4.69) is 4.98 Å². The maximum atomic E-state index is 12.0. The highest BCUT2D eigenvalue weighted by molar-refractivity contribution is 7.91. The van der Waals surface area contributed by atoms with Crippen molar-refractivity contribution in [3.8, 4) is 0 Å². The summed E-state index contributed by atoms with van der Waals surface area (Å²) in [7, 11) is -2.97. The molecule has 0 bridgehead atoms. The van der Waals surface area contributed by atoms with Crippen LogP contribution in [0.3, 0.4) is 0 Å². The van der Waals surface area contributed by atoms with Gasteiger partial charge in [0, 0.05) is 19.3 Å². The average molecular weight is 255 g/mol. The molecule has 2 heterocycles. The van der Waals surface area contributed by atoms with E-state index in [0.29, 0.717) is 11.4 Å². The first-order valence-corrected chi connectivity index (χ1v) is 7.01. The highest BCUT2D eigenvalue weighted by Crippen LogP contribution is 2.10.